The summed E-state index contributed by atoms with van der Waals surface area (Å²) < 4.78 is 4.63. The minimum Gasteiger partial charge on any atom is -0.226 e. The zero-order valence-corrected chi connectivity index (χ0v) is 13.7. The second-order valence-corrected chi connectivity index (χ2v) is 5.24. The van der Waals surface area contributed by atoms with Gasteiger partial charge in [0.15, 0.2) is 23.0 Å². The van der Waals surface area contributed by atoms with E-state index in [9.17, 15) is 0 Å². The lowest BCUT2D eigenvalue weighted by Gasteiger charge is -2.12. The predicted octanol–water partition coefficient (Wildman–Crippen LogP) is 5.84. The summed E-state index contributed by atoms with van der Waals surface area (Å²) in [6, 6.07) is 0. The van der Waals surface area contributed by atoms with Crippen molar-refractivity contribution < 1.29 is 8.10 Å². The molecular weight excluding hydrogens is 327 g/mol. The molecule has 0 spiro atoms. The molecule has 0 N–H and O–H groups in total. The lowest BCUT2D eigenvalue weighted by Crippen LogP contribution is -2.07. The van der Waals surface area contributed by atoms with Gasteiger partial charge in [-0.3, -0.25) is 0 Å². The van der Waals surface area contributed by atoms with Crippen molar-refractivity contribution >= 4 is 23.0 Å². The molecule has 0 aliphatic carbocycles. The maximum atomic E-state index is 5.00. The molecule has 1 atom stereocenters. The number of unbranched alkanes of at least 4 members (excludes halogenated alkanes) is 7. The monoisotopic (exact) mass is 356 g/mol. The molecule has 0 aliphatic heterocycles. The Morgan fingerprint density at radius 2 is 1.47 bits per heavy atom. The van der Waals surface area contributed by atoms with Crippen LogP contribution in [-0.4, -0.2) is 6.61 Å². The van der Waals surface area contributed by atoms with E-state index in [0.29, 0.717) is 5.92 Å². The Kier molecular flexibility index (Phi) is 15.3. The standard InChI is InChI=1S/C14H29IO2/c1-3-5-6-7-8-9-10-11-12-14(4-2)13-16-17-15/h14H,3-13H2,1-2H3. The minimum atomic E-state index is 0.671. The van der Waals surface area contributed by atoms with Crippen LogP contribution in [-0.2, 0) is 8.10 Å². The van der Waals surface area contributed by atoms with Crippen molar-refractivity contribution in [2.45, 2.75) is 78.1 Å². The SMILES string of the molecule is CCCCCCCCCCC(CC)COOI. The van der Waals surface area contributed by atoms with Gasteiger partial charge < -0.3 is 0 Å². The van der Waals surface area contributed by atoms with Gasteiger partial charge in [0.25, 0.3) is 0 Å². The van der Waals surface area contributed by atoms with Gasteiger partial charge in [-0.05, 0) is 12.3 Å². The third-order valence-corrected chi connectivity index (χ3v) is 3.65. The highest BCUT2D eigenvalue weighted by molar-refractivity contribution is 14.1. The first-order valence-corrected chi connectivity index (χ1v) is 8.13. The third-order valence-electron chi connectivity index (χ3n) is 3.39. The van der Waals surface area contributed by atoms with E-state index in [4.69, 9.17) is 4.89 Å². The van der Waals surface area contributed by atoms with Crippen LogP contribution in [0.25, 0.3) is 0 Å². The number of halogens is 1. The predicted molar refractivity (Wildman–Crippen MR) is 82.1 cm³/mol. The molecular formula is C14H29IO2. The fraction of sp³-hybridized carbons (Fsp3) is 1.00. The highest BCUT2D eigenvalue weighted by Crippen LogP contribution is 2.16. The largest absolute Gasteiger partial charge is 0.226 e. The van der Waals surface area contributed by atoms with Crippen molar-refractivity contribution in [1.82, 2.24) is 0 Å². The molecule has 0 heterocycles. The van der Waals surface area contributed by atoms with Crippen molar-refractivity contribution in [2.24, 2.45) is 5.92 Å². The van der Waals surface area contributed by atoms with Crippen LogP contribution < -0.4 is 0 Å². The summed E-state index contributed by atoms with van der Waals surface area (Å²) in [6.45, 7) is 5.24. The molecule has 3 heteroatoms. The molecule has 0 amide bonds. The topological polar surface area (TPSA) is 18.5 Å². The molecule has 0 radical (unpaired) electrons. The number of hydrogen-bond donors (Lipinski definition) is 0. The summed E-state index contributed by atoms with van der Waals surface area (Å²) >= 11 is 1.78. The van der Waals surface area contributed by atoms with E-state index < -0.39 is 0 Å². The van der Waals surface area contributed by atoms with Crippen LogP contribution in [0.3, 0.4) is 0 Å². The van der Waals surface area contributed by atoms with E-state index in [-0.39, 0.29) is 0 Å². The molecule has 2 nitrogen and oxygen atoms in total. The van der Waals surface area contributed by atoms with Crippen molar-refractivity contribution in [3.63, 3.8) is 0 Å². The summed E-state index contributed by atoms with van der Waals surface area (Å²) in [5.74, 6) is 0.671. The second kappa shape index (κ2) is 14.7. The molecule has 104 valence electrons. The van der Waals surface area contributed by atoms with Gasteiger partial charge in [-0.1, -0.05) is 71.6 Å². The molecule has 0 rings (SSSR count). The van der Waals surface area contributed by atoms with Gasteiger partial charge in [0.05, 0.1) is 6.61 Å². The van der Waals surface area contributed by atoms with Gasteiger partial charge >= 0.3 is 0 Å². The molecule has 0 aromatic heterocycles. The second-order valence-electron chi connectivity index (χ2n) is 4.89. The van der Waals surface area contributed by atoms with Crippen molar-refractivity contribution in [2.75, 3.05) is 6.61 Å². The van der Waals surface area contributed by atoms with Crippen LogP contribution >= 0.6 is 23.0 Å². The van der Waals surface area contributed by atoms with E-state index >= 15 is 0 Å². The van der Waals surface area contributed by atoms with Gasteiger partial charge in [-0.25, -0.2) is 4.89 Å². The van der Waals surface area contributed by atoms with Gasteiger partial charge in [-0.15, -0.1) is 0 Å². The maximum Gasteiger partial charge on any atom is 0.155 e. The number of rotatable bonds is 13. The first-order valence-electron chi connectivity index (χ1n) is 7.25. The van der Waals surface area contributed by atoms with Gasteiger partial charge in [0, 0.05) is 0 Å². The maximum absolute atomic E-state index is 5.00. The molecule has 0 bridgehead atoms. The molecule has 0 saturated carbocycles. The van der Waals surface area contributed by atoms with Crippen molar-refractivity contribution in [3.05, 3.63) is 0 Å². The fourth-order valence-electron chi connectivity index (χ4n) is 2.09. The smallest absolute Gasteiger partial charge is 0.155 e. The Morgan fingerprint density at radius 1 is 0.882 bits per heavy atom. The van der Waals surface area contributed by atoms with Crippen LogP contribution in [0.15, 0.2) is 0 Å². The Labute approximate surface area is 121 Å². The Morgan fingerprint density at radius 3 is 2.00 bits per heavy atom. The summed E-state index contributed by atoms with van der Waals surface area (Å²) in [6.07, 6.45) is 13.6. The molecule has 0 fully saturated rings. The summed E-state index contributed by atoms with van der Waals surface area (Å²) in [5.41, 5.74) is 0. The van der Waals surface area contributed by atoms with Crippen LogP contribution in [0.4, 0.5) is 0 Å². The van der Waals surface area contributed by atoms with E-state index in [2.05, 4.69) is 17.1 Å². The lowest BCUT2D eigenvalue weighted by atomic mass is 9.98. The lowest BCUT2D eigenvalue weighted by molar-refractivity contribution is -0.178. The molecule has 0 aromatic carbocycles. The minimum absolute atomic E-state index is 0.671. The van der Waals surface area contributed by atoms with Gasteiger partial charge in [-0.2, -0.15) is 3.22 Å². The molecule has 0 aromatic rings. The van der Waals surface area contributed by atoms with Crippen LogP contribution in [0.1, 0.15) is 78.1 Å². The molecule has 1 unspecified atom stereocenters. The molecule has 0 aliphatic rings. The highest BCUT2D eigenvalue weighted by Gasteiger charge is 2.06. The first kappa shape index (κ1) is 17.6. The quantitative estimate of drug-likeness (QED) is 0.179. The molecule has 17 heavy (non-hydrogen) atoms. The normalized spacial score (nSPS) is 12.9. The summed E-state index contributed by atoms with van der Waals surface area (Å²) in [7, 11) is 0. The van der Waals surface area contributed by atoms with Crippen molar-refractivity contribution in [3.8, 4) is 0 Å². The summed E-state index contributed by atoms with van der Waals surface area (Å²) in [4.78, 5) is 5.00. The Balaban J connectivity index is 3.19. The summed E-state index contributed by atoms with van der Waals surface area (Å²) in [5, 5.41) is 0. The van der Waals surface area contributed by atoms with Gasteiger partial charge in [0.1, 0.15) is 0 Å². The Hall–Kier alpha value is 0.650. The van der Waals surface area contributed by atoms with E-state index in [0.717, 1.165) is 6.61 Å². The van der Waals surface area contributed by atoms with E-state index in [1.807, 2.05) is 0 Å². The zero-order valence-electron chi connectivity index (χ0n) is 11.5. The van der Waals surface area contributed by atoms with Crippen LogP contribution in [0.2, 0.25) is 0 Å². The highest BCUT2D eigenvalue weighted by atomic mass is 127. The first-order chi connectivity index (χ1) is 8.35. The Bertz CT molecular complexity index is 142. The van der Waals surface area contributed by atoms with Crippen LogP contribution in [0, 0.1) is 5.92 Å². The number of hydrogen-bond acceptors (Lipinski definition) is 2. The fourth-order valence-corrected chi connectivity index (χ4v) is 2.24. The van der Waals surface area contributed by atoms with E-state index in [1.165, 1.54) is 64.2 Å². The van der Waals surface area contributed by atoms with Gasteiger partial charge in [0.2, 0.25) is 0 Å². The van der Waals surface area contributed by atoms with E-state index in [1.54, 1.807) is 23.0 Å². The average molecular weight is 356 g/mol. The zero-order chi connectivity index (χ0) is 12.8. The molecule has 0 saturated heterocycles. The third kappa shape index (κ3) is 12.9. The average Bonchev–Trinajstić information content (AvgIpc) is 2.36. The van der Waals surface area contributed by atoms with Crippen LogP contribution in [0.5, 0.6) is 0 Å². The van der Waals surface area contributed by atoms with Crippen molar-refractivity contribution in [1.29, 1.82) is 0 Å².